The predicted octanol–water partition coefficient (Wildman–Crippen LogP) is 3.84. The Labute approximate surface area is 143 Å². The van der Waals surface area contributed by atoms with Gasteiger partial charge in [0.1, 0.15) is 10.1 Å². The summed E-state index contributed by atoms with van der Waals surface area (Å²) in [7, 11) is 0. The zero-order chi connectivity index (χ0) is 16.8. The molecule has 0 spiro atoms. The molecule has 0 saturated heterocycles. The number of rotatable bonds is 2. The van der Waals surface area contributed by atoms with E-state index in [1.54, 1.807) is 31.2 Å². The Kier molecular flexibility index (Phi) is 3.88. The fraction of sp³-hybridized carbons (Fsp3) is 0.263. The highest BCUT2D eigenvalue weighted by atomic mass is 79.9. The smallest absolute Gasteiger partial charge is 0.174 e. The summed E-state index contributed by atoms with van der Waals surface area (Å²) in [4.78, 5) is 25.4. The number of fused-ring (bicyclic) bond motifs is 1. The fourth-order valence-corrected chi connectivity index (χ4v) is 4.63. The lowest BCUT2D eigenvalue weighted by molar-refractivity contribution is -0.128. The highest BCUT2D eigenvalue weighted by Gasteiger charge is 2.56. The van der Waals surface area contributed by atoms with E-state index < -0.39 is 10.2 Å². The van der Waals surface area contributed by atoms with Crippen LogP contribution in [0.3, 0.4) is 0 Å². The van der Waals surface area contributed by atoms with Gasteiger partial charge in [-0.3, -0.25) is 9.59 Å². The van der Waals surface area contributed by atoms with Gasteiger partial charge in [0.2, 0.25) is 0 Å². The standard InChI is InChI=1S/C19H17BrO3/c1-3-12-7-8-15-18(23)11(2)9-16(22)19(15,20)17(12)13-5-4-6-14(21)10-13/h3-7,9-10,15,17,21H,1,8H2,2H3. The minimum Gasteiger partial charge on any atom is -0.508 e. The first-order valence-corrected chi connectivity index (χ1v) is 8.26. The molecule has 0 aromatic heterocycles. The van der Waals surface area contributed by atoms with Crippen LogP contribution in [-0.4, -0.2) is 21.0 Å². The summed E-state index contributed by atoms with van der Waals surface area (Å²) in [5.41, 5.74) is 2.17. The molecule has 0 radical (unpaired) electrons. The number of alkyl halides is 1. The van der Waals surface area contributed by atoms with E-state index in [1.165, 1.54) is 6.08 Å². The largest absolute Gasteiger partial charge is 0.508 e. The molecule has 0 saturated carbocycles. The monoisotopic (exact) mass is 372 g/mol. The lowest BCUT2D eigenvalue weighted by atomic mass is 9.63. The van der Waals surface area contributed by atoms with E-state index in [2.05, 4.69) is 22.5 Å². The third kappa shape index (κ3) is 2.32. The maximum absolute atomic E-state index is 12.8. The Balaban J connectivity index is 2.23. The van der Waals surface area contributed by atoms with Gasteiger partial charge in [-0.2, -0.15) is 0 Å². The Morgan fingerprint density at radius 1 is 1.39 bits per heavy atom. The zero-order valence-corrected chi connectivity index (χ0v) is 14.3. The van der Waals surface area contributed by atoms with Crippen molar-refractivity contribution in [3.05, 3.63) is 65.8 Å². The molecule has 3 nitrogen and oxygen atoms in total. The van der Waals surface area contributed by atoms with Crippen LogP contribution in [0.1, 0.15) is 24.8 Å². The number of aromatic hydroxyl groups is 1. The number of ketones is 2. The topological polar surface area (TPSA) is 54.4 Å². The maximum atomic E-state index is 12.8. The SMILES string of the molecule is C=CC1=CCC2C(=O)C(C)=CC(=O)C2(Br)C1c1cccc(O)c1. The normalized spacial score (nSPS) is 30.3. The quantitative estimate of drug-likeness (QED) is 0.802. The number of phenolic OH excluding ortho intramolecular Hbond substituents is 1. The van der Waals surface area contributed by atoms with Crippen molar-refractivity contribution < 1.29 is 14.7 Å². The molecule has 0 bridgehead atoms. The molecule has 3 unspecified atom stereocenters. The molecular weight excluding hydrogens is 356 g/mol. The Morgan fingerprint density at radius 2 is 2.13 bits per heavy atom. The third-order valence-corrected chi connectivity index (χ3v) is 6.12. The summed E-state index contributed by atoms with van der Waals surface area (Å²) in [5.74, 6) is -0.806. The van der Waals surface area contributed by atoms with Gasteiger partial charge in [0, 0.05) is 11.8 Å². The second kappa shape index (κ2) is 5.60. The van der Waals surface area contributed by atoms with Crippen LogP contribution in [0.15, 0.2) is 60.2 Å². The van der Waals surface area contributed by atoms with Crippen LogP contribution in [0.25, 0.3) is 0 Å². The van der Waals surface area contributed by atoms with Crippen molar-refractivity contribution in [1.29, 1.82) is 0 Å². The predicted molar refractivity (Wildman–Crippen MR) is 92.7 cm³/mol. The molecule has 118 valence electrons. The Bertz CT molecular complexity index is 775. The van der Waals surface area contributed by atoms with Crippen molar-refractivity contribution in [2.45, 2.75) is 23.6 Å². The van der Waals surface area contributed by atoms with Crippen molar-refractivity contribution in [2.24, 2.45) is 5.92 Å². The number of allylic oxidation sites excluding steroid dienone is 5. The highest BCUT2D eigenvalue weighted by Crippen LogP contribution is 2.54. The van der Waals surface area contributed by atoms with Crippen LogP contribution in [0.5, 0.6) is 5.75 Å². The first-order valence-electron chi connectivity index (χ1n) is 7.47. The number of benzene rings is 1. The van der Waals surface area contributed by atoms with E-state index in [4.69, 9.17) is 0 Å². The molecule has 23 heavy (non-hydrogen) atoms. The number of carbonyl (C=O) groups is 2. The molecule has 0 aliphatic heterocycles. The molecule has 3 atom stereocenters. The first kappa shape index (κ1) is 15.9. The van der Waals surface area contributed by atoms with E-state index in [0.29, 0.717) is 12.0 Å². The first-order chi connectivity index (χ1) is 10.9. The average molecular weight is 373 g/mol. The van der Waals surface area contributed by atoms with Gasteiger partial charge in [-0.1, -0.05) is 46.8 Å². The average Bonchev–Trinajstić information content (AvgIpc) is 2.52. The van der Waals surface area contributed by atoms with Crippen molar-refractivity contribution in [3.8, 4) is 5.75 Å². The van der Waals surface area contributed by atoms with Crippen molar-refractivity contribution in [2.75, 3.05) is 0 Å². The van der Waals surface area contributed by atoms with Crippen molar-refractivity contribution in [1.82, 2.24) is 0 Å². The van der Waals surface area contributed by atoms with Gasteiger partial charge in [0.25, 0.3) is 0 Å². The number of Topliss-reactive ketones (excluding diaryl/α,β-unsaturated/α-hetero) is 1. The van der Waals surface area contributed by atoms with Gasteiger partial charge in [-0.05, 0) is 48.3 Å². The van der Waals surface area contributed by atoms with Gasteiger partial charge < -0.3 is 5.11 Å². The molecule has 1 N–H and O–H groups in total. The van der Waals surface area contributed by atoms with E-state index >= 15 is 0 Å². The number of hydrogen-bond donors (Lipinski definition) is 1. The summed E-state index contributed by atoms with van der Waals surface area (Å²) in [6.45, 7) is 5.53. The van der Waals surface area contributed by atoms with Crippen LogP contribution in [0, 0.1) is 5.92 Å². The molecule has 0 amide bonds. The van der Waals surface area contributed by atoms with Gasteiger partial charge in [0.05, 0.1) is 0 Å². The van der Waals surface area contributed by atoms with Gasteiger partial charge >= 0.3 is 0 Å². The van der Waals surface area contributed by atoms with Crippen LogP contribution >= 0.6 is 15.9 Å². The van der Waals surface area contributed by atoms with Crippen LogP contribution < -0.4 is 0 Å². The molecule has 4 heteroatoms. The van der Waals surface area contributed by atoms with Gasteiger partial charge in [0.15, 0.2) is 11.6 Å². The minimum absolute atomic E-state index is 0.00834. The number of halogens is 1. The molecule has 1 aromatic rings. The summed E-state index contributed by atoms with van der Waals surface area (Å²) in [5, 5.41) is 9.82. The molecule has 0 fully saturated rings. The third-order valence-electron chi connectivity index (χ3n) is 4.72. The number of carbonyl (C=O) groups excluding carboxylic acids is 2. The second-order valence-corrected chi connectivity index (χ2v) is 7.36. The molecule has 3 rings (SSSR count). The summed E-state index contributed by atoms with van der Waals surface area (Å²) >= 11 is 3.63. The van der Waals surface area contributed by atoms with E-state index in [1.807, 2.05) is 12.1 Å². The van der Waals surface area contributed by atoms with Crippen molar-refractivity contribution in [3.63, 3.8) is 0 Å². The van der Waals surface area contributed by atoms with E-state index in [-0.39, 0.29) is 23.2 Å². The van der Waals surface area contributed by atoms with E-state index in [0.717, 1.165) is 11.1 Å². The van der Waals surface area contributed by atoms with Crippen LogP contribution in [0.4, 0.5) is 0 Å². The van der Waals surface area contributed by atoms with Gasteiger partial charge in [-0.25, -0.2) is 0 Å². The Hall–Kier alpha value is -1.94. The number of phenols is 1. The molecule has 2 aliphatic carbocycles. The minimum atomic E-state index is -1.03. The summed E-state index contributed by atoms with van der Waals surface area (Å²) in [6.07, 6.45) is 5.61. The molecule has 0 heterocycles. The zero-order valence-electron chi connectivity index (χ0n) is 12.8. The summed E-state index contributed by atoms with van der Waals surface area (Å²) in [6, 6.07) is 6.81. The lowest BCUT2D eigenvalue weighted by Gasteiger charge is -2.45. The molecule has 1 aromatic carbocycles. The van der Waals surface area contributed by atoms with Gasteiger partial charge in [-0.15, -0.1) is 0 Å². The highest BCUT2D eigenvalue weighted by molar-refractivity contribution is 9.10. The second-order valence-electron chi connectivity index (χ2n) is 6.05. The molecular formula is C19H17BrO3. The van der Waals surface area contributed by atoms with E-state index in [9.17, 15) is 14.7 Å². The maximum Gasteiger partial charge on any atom is 0.174 e. The number of hydrogen-bond acceptors (Lipinski definition) is 3. The molecule has 2 aliphatic rings. The lowest BCUT2D eigenvalue weighted by Crippen LogP contribution is -2.52. The fourth-order valence-electron chi connectivity index (χ4n) is 3.59. The van der Waals surface area contributed by atoms with Crippen molar-refractivity contribution >= 4 is 27.5 Å². The summed E-state index contributed by atoms with van der Waals surface area (Å²) < 4.78 is -1.03. The Morgan fingerprint density at radius 3 is 2.78 bits per heavy atom. The van der Waals surface area contributed by atoms with Crippen LogP contribution in [-0.2, 0) is 9.59 Å². The van der Waals surface area contributed by atoms with Crippen LogP contribution in [0.2, 0.25) is 0 Å².